The summed E-state index contributed by atoms with van der Waals surface area (Å²) in [5.74, 6) is 1.29. The molecule has 0 saturated carbocycles. The summed E-state index contributed by atoms with van der Waals surface area (Å²) in [6.45, 7) is 2.86. The molecule has 122 valence electrons. The molecule has 2 aromatic heterocycles. The first kappa shape index (κ1) is 15.4. The second-order valence-electron chi connectivity index (χ2n) is 5.72. The Morgan fingerprint density at radius 1 is 1.17 bits per heavy atom. The van der Waals surface area contributed by atoms with E-state index in [1.807, 2.05) is 12.1 Å². The Hall–Kier alpha value is -2.50. The molecule has 0 bridgehead atoms. The number of likely N-dealkylation sites (tertiary alicyclic amines) is 1. The maximum absolute atomic E-state index is 13.0. The van der Waals surface area contributed by atoms with Gasteiger partial charge in [-0.3, -0.25) is 9.59 Å². The van der Waals surface area contributed by atoms with E-state index in [0.29, 0.717) is 37.6 Å². The lowest BCUT2D eigenvalue weighted by atomic mass is 10.1. The summed E-state index contributed by atoms with van der Waals surface area (Å²) < 4.78 is 10.7. The van der Waals surface area contributed by atoms with Gasteiger partial charge in [-0.25, -0.2) is 0 Å². The predicted octanol–water partition coefficient (Wildman–Crippen LogP) is 2.41. The number of furan rings is 2. The van der Waals surface area contributed by atoms with Crippen LogP contribution < -0.4 is 0 Å². The van der Waals surface area contributed by atoms with E-state index in [9.17, 15) is 9.59 Å². The highest BCUT2D eigenvalue weighted by Crippen LogP contribution is 2.22. The summed E-state index contributed by atoms with van der Waals surface area (Å²) >= 11 is 0. The molecular weight excluding hydrogens is 296 g/mol. The van der Waals surface area contributed by atoms with Gasteiger partial charge < -0.3 is 18.6 Å². The number of carbonyl (C=O) groups excluding carboxylic acids is 2. The summed E-state index contributed by atoms with van der Waals surface area (Å²) in [6, 6.07) is 6.86. The third kappa shape index (κ3) is 3.47. The van der Waals surface area contributed by atoms with Gasteiger partial charge in [0.15, 0.2) is 0 Å². The fraction of sp³-hybridized carbons (Fsp3) is 0.412. The lowest BCUT2D eigenvalue weighted by molar-refractivity contribution is -0.144. The van der Waals surface area contributed by atoms with E-state index >= 15 is 0 Å². The van der Waals surface area contributed by atoms with Gasteiger partial charge in [0.2, 0.25) is 11.8 Å². The van der Waals surface area contributed by atoms with Crippen molar-refractivity contribution in [2.24, 2.45) is 0 Å². The smallest absolute Gasteiger partial charge is 0.246 e. The maximum Gasteiger partial charge on any atom is 0.246 e. The van der Waals surface area contributed by atoms with Crippen molar-refractivity contribution in [3.8, 4) is 0 Å². The molecule has 2 aromatic rings. The zero-order valence-electron chi connectivity index (χ0n) is 13.1. The molecule has 1 fully saturated rings. The first-order valence-electron chi connectivity index (χ1n) is 7.76. The van der Waals surface area contributed by atoms with Gasteiger partial charge in [0.05, 0.1) is 25.6 Å². The van der Waals surface area contributed by atoms with Crippen LogP contribution in [0.1, 0.15) is 31.3 Å². The van der Waals surface area contributed by atoms with Crippen LogP contribution >= 0.6 is 0 Å². The molecule has 0 unspecified atom stereocenters. The molecule has 2 amide bonds. The molecule has 0 spiro atoms. The van der Waals surface area contributed by atoms with Crippen molar-refractivity contribution in [3.05, 3.63) is 48.3 Å². The number of nitrogens with zero attached hydrogens (tertiary/aromatic N) is 2. The Bertz CT molecular complexity index is 612. The largest absolute Gasteiger partial charge is 0.467 e. The van der Waals surface area contributed by atoms with Crippen LogP contribution in [0.4, 0.5) is 0 Å². The average Bonchev–Trinajstić information content (AvgIpc) is 3.28. The molecule has 23 heavy (non-hydrogen) atoms. The van der Waals surface area contributed by atoms with Gasteiger partial charge in [0.25, 0.3) is 0 Å². The van der Waals surface area contributed by atoms with Crippen LogP contribution in [0.2, 0.25) is 0 Å². The van der Waals surface area contributed by atoms with Gasteiger partial charge in [-0.05, 0) is 37.1 Å². The SMILES string of the molecule is CC(=O)N1CCC[C@H]1C(=O)N(Cc1ccco1)Cc1ccco1. The number of amides is 2. The minimum Gasteiger partial charge on any atom is -0.467 e. The summed E-state index contributed by atoms with van der Waals surface area (Å²) in [7, 11) is 0. The Kier molecular flexibility index (Phi) is 4.50. The predicted molar refractivity (Wildman–Crippen MR) is 82.1 cm³/mol. The van der Waals surface area contributed by atoms with E-state index in [2.05, 4.69) is 0 Å². The number of hydrogen-bond donors (Lipinski definition) is 0. The molecular formula is C17H20N2O4. The van der Waals surface area contributed by atoms with Gasteiger partial charge in [-0.1, -0.05) is 0 Å². The zero-order chi connectivity index (χ0) is 16.2. The third-order valence-electron chi connectivity index (χ3n) is 4.11. The van der Waals surface area contributed by atoms with Crippen molar-refractivity contribution < 1.29 is 18.4 Å². The van der Waals surface area contributed by atoms with Crippen molar-refractivity contribution in [2.75, 3.05) is 6.54 Å². The van der Waals surface area contributed by atoms with E-state index in [0.717, 1.165) is 6.42 Å². The molecule has 0 aliphatic carbocycles. The lowest BCUT2D eigenvalue weighted by Crippen LogP contribution is -2.46. The van der Waals surface area contributed by atoms with Gasteiger partial charge in [0.1, 0.15) is 17.6 Å². The van der Waals surface area contributed by atoms with Crippen LogP contribution in [0.15, 0.2) is 45.6 Å². The Morgan fingerprint density at radius 2 is 1.78 bits per heavy atom. The third-order valence-corrected chi connectivity index (χ3v) is 4.11. The van der Waals surface area contributed by atoms with Gasteiger partial charge in [-0.2, -0.15) is 0 Å². The Labute approximate surface area is 134 Å². The fourth-order valence-electron chi connectivity index (χ4n) is 3.00. The molecule has 3 rings (SSSR count). The average molecular weight is 316 g/mol. The van der Waals surface area contributed by atoms with Crippen LogP contribution in [0.25, 0.3) is 0 Å². The molecule has 1 atom stereocenters. The normalized spacial score (nSPS) is 17.4. The quantitative estimate of drug-likeness (QED) is 0.849. The van der Waals surface area contributed by atoms with Crippen molar-refractivity contribution >= 4 is 11.8 Å². The number of hydrogen-bond acceptors (Lipinski definition) is 4. The summed E-state index contributed by atoms with van der Waals surface area (Å²) in [4.78, 5) is 28.0. The minimum atomic E-state index is -0.391. The Morgan fingerprint density at radius 3 is 2.26 bits per heavy atom. The lowest BCUT2D eigenvalue weighted by Gasteiger charge is -2.29. The van der Waals surface area contributed by atoms with E-state index in [1.165, 1.54) is 6.92 Å². The topological polar surface area (TPSA) is 66.9 Å². The highest BCUT2D eigenvalue weighted by Gasteiger charge is 2.35. The van der Waals surface area contributed by atoms with Gasteiger partial charge in [-0.15, -0.1) is 0 Å². The van der Waals surface area contributed by atoms with Crippen LogP contribution in [0.3, 0.4) is 0 Å². The summed E-state index contributed by atoms with van der Waals surface area (Å²) in [5, 5.41) is 0. The molecule has 0 N–H and O–H groups in total. The van der Waals surface area contributed by atoms with Crippen LogP contribution in [0.5, 0.6) is 0 Å². The Balaban J connectivity index is 1.78. The van der Waals surface area contributed by atoms with Crippen LogP contribution in [-0.2, 0) is 22.7 Å². The van der Waals surface area contributed by atoms with E-state index in [-0.39, 0.29) is 11.8 Å². The summed E-state index contributed by atoms with van der Waals surface area (Å²) in [5.41, 5.74) is 0. The second-order valence-corrected chi connectivity index (χ2v) is 5.72. The highest BCUT2D eigenvalue weighted by molar-refractivity contribution is 5.87. The summed E-state index contributed by atoms with van der Waals surface area (Å²) in [6.07, 6.45) is 4.72. The molecule has 6 heteroatoms. The fourth-order valence-corrected chi connectivity index (χ4v) is 3.00. The molecule has 0 radical (unpaired) electrons. The maximum atomic E-state index is 13.0. The number of rotatable bonds is 5. The highest BCUT2D eigenvalue weighted by atomic mass is 16.3. The van der Waals surface area contributed by atoms with Crippen molar-refractivity contribution in [1.82, 2.24) is 9.80 Å². The molecule has 1 aliphatic heterocycles. The van der Waals surface area contributed by atoms with Crippen molar-refractivity contribution in [2.45, 2.75) is 38.9 Å². The second kappa shape index (κ2) is 6.73. The van der Waals surface area contributed by atoms with Crippen LogP contribution in [-0.4, -0.2) is 34.2 Å². The van der Waals surface area contributed by atoms with Crippen molar-refractivity contribution in [3.63, 3.8) is 0 Å². The van der Waals surface area contributed by atoms with Crippen molar-refractivity contribution in [1.29, 1.82) is 0 Å². The monoisotopic (exact) mass is 316 g/mol. The first-order valence-corrected chi connectivity index (χ1v) is 7.76. The molecule has 6 nitrogen and oxygen atoms in total. The number of carbonyl (C=O) groups is 2. The zero-order valence-corrected chi connectivity index (χ0v) is 13.1. The van der Waals surface area contributed by atoms with Gasteiger partial charge in [0, 0.05) is 13.5 Å². The van der Waals surface area contributed by atoms with E-state index in [4.69, 9.17) is 8.83 Å². The first-order chi connectivity index (χ1) is 11.1. The molecule has 3 heterocycles. The minimum absolute atomic E-state index is 0.0585. The standard InChI is InChI=1S/C17H20N2O4/c1-13(20)19-8-2-7-16(19)17(21)18(11-14-5-3-9-22-14)12-15-6-4-10-23-15/h3-6,9-10,16H,2,7-8,11-12H2,1H3/t16-/m0/s1. The van der Waals surface area contributed by atoms with E-state index < -0.39 is 6.04 Å². The van der Waals surface area contributed by atoms with E-state index in [1.54, 1.807) is 34.5 Å². The van der Waals surface area contributed by atoms with Crippen LogP contribution in [0, 0.1) is 0 Å². The molecule has 1 aliphatic rings. The van der Waals surface area contributed by atoms with Gasteiger partial charge >= 0.3 is 0 Å². The molecule has 1 saturated heterocycles. The molecule has 0 aromatic carbocycles.